The summed E-state index contributed by atoms with van der Waals surface area (Å²) >= 11 is 0. The summed E-state index contributed by atoms with van der Waals surface area (Å²) in [4.78, 5) is 73.1. The first-order chi connectivity index (χ1) is 48.7. The van der Waals surface area contributed by atoms with Crippen LogP contribution in [-0.2, 0) is 65.4 Å². The van der Waals surface area contributed by atoms with E-state index >= 15 is 0 Å². The van der Waals surface area contributed by atoms with Gasteiger partial charge in [0.15, 0.2) is 12.2 Å². The molecule has 0 aromatic rings. The van der Waals surface area contributed by atoms with E-state index in [1.807, 2.05) is 0 Å². The molecule has 0 aliphatic carbocycles. The van der Waals surface area contributed by atoms with E-state index in [9.17, 15) is 43.2 Å². The van der Waals surface area contributed by atoms with Crippen LogP contribution < -0.4 is 0 Å². The molecule has 0 aromatic carbocycles. The van der Waals surface area contributed by atoms with E-state index in [1.54, 1.807) is 0 Å². The highest BCUT2D eigenvalue weighted by atomic mass is 31.2. The lowest BCUT2D eigenvalue weighted by atomic mass is 9.99. The zero-order valence-corrected chi connectivity index (χ0v) is 68.3. The Labute approximate surface area is 619 Å². The van der Waals surface area contributed by atoms with Gasteiger partial charge in [0.25, 0.3) is 0 Å². The van der Waals surface area contributed by atoms with Crippen molar-refractivity contribution in [3.05, 3.63) is 0 Å². The van der Waals surface area contributed by atoms with Gasteiger partial charge in [0.1, 0.15) is 19.3 Å². The maximum Gasteiger partial charge on any atom is 0.472 e. The van der Waals surface area contributed by atoms with Crippen LogP contribution in [0.2, 0.25) is 0 Å². The third kappa shape index (κ3) is 73.4. The first kappa shape index (κ1) is 99.1. The van der Waals surface area contributed by atoms with Crippen LogP contribution in [0.1, 0.15) is 421 Å². The summed E-state index contributed by atoms with van der Waals surface area (Å²) in [6.07, 6.45) is 58.2. The fraction of sp³-hybridized carbons (Fsp3) is 0.951. The van der Waals surface area contributed by atoms with E-state index in [1.165, 1.54) is 218 Å². The standard InChI is InChI=1S/C82H160O17P2/c1-9-74(7)60-52-44-36-28-22-15-11-13-17-25-31-39-48-56-64-81(86)98-77(68-92-79(84)62-54-46-38-30-24-20-19-21-27-34-42-50-58-72(3)4)70-96-100(88,89)94-66-76(83)67-95-101(90,91)97-71-78(69-93-80(85)63-55-47-41-33-35-43-51-59-73(5)6)99-82(87)65-57-49-40-32-26-18-14-12-16-23-29-37-45-53-61-75(8)10-2/h72-78,83H,9-71H2,1-8H3,(H,88,89)(H,90,91)/t74?,75?,76?,77-,78-/m1/s1. The van der Waals surface area contributed by atoms with Crippen LogP contribution in [0.25, 0.3) is 0 Å². The van der Waals surface area contributed by atoms with Crippen LogP contribution in [0.3, 0.4) is 0 Å². The minimum absolute atomic E-state index is 0.107. The topological polar surface area (TPSA) is 237 Å². The van der Waals surface area contributed by atoms with E-state index in [0.717, 1.165) is 114 Å². The molecule has 19 heteroatoms. The van der Waals surface area contributed by atoms with Gasteiger partial charge in [-0.3, -0.25) is 37.3 Å². The molecule has 0 radical (unpaired) electrons. The Bertz CT molecular complexity index is 1980. The predicted molar refractivity (Wildman–Crippen MR) is 414 cm³/mol. The maximum absolute atomic E-state index is 13.1. The third-order valence-corrected chi connectivity index (χ3v) is 21.7. The SMILES string of the molecule is CCC(C)CCCCCCCCCCCCCCCCC(=O)O[C@H](COC(=O)CCCCCCCCCCCCCCC(C)C)COP(=O)(O)OCC(O)COP(=O)(O)OC[C@@H](COC(=O)CCCCCCCCCC(C)C)OC(=O)CCCCCCCCCCCCCCCCC(C)CC. The first-order valence-corrected chi connectivity index (χ1v) is 45.3. The number of esters is 4. The van der Waals surface area contributed by atoms with Crippen LogP contribution in [0.15, 0.2) is 0 Å². The Hall–Kier alpha value is -1.94. The minimum Gasteiger partial charge on any atom is -0.462 e. The van der Waals surface area contributed by atoms with Crippen LogP contribution in [0.4, 0.5) is 0 Å². The predicted octanol–water partition coefficient (Wildman–Crippen LogP) is 24.4. The first-order valence-electron chi connectivity index (χ1n) is 42.3. The molecule has 0 rings (SSSR count). The zero-order valence-electron chi connectivity index (χ0n) is 66.5. The zero-order chi connectivity index (χ0) is 74.6. The van der Waals surface area contributed by atoms with Gasteiger partial charge in [-0.15, -0.1) is 0 Å². The van der Waals surface area contributed by atoms with Crippen molar-refractivity contribution in [3.63, 3.8) is 0 Å². The molecular weight excluding hydrogens is 1320 g/mol. The Morgan fingerprint density at radius 2 is 0.475 bits per heavy atom. The van der Waals surface area contributed by atoms with E-state index < -0.39 is 97.5 Å². The number of carbonyl (C=O) groups excluding carboxylic acids is 4. The summed E-state index contributed by atoms with van der Waals surface area (Å²) in [6, 6.07) is 0. The van der Waals surface area contributed by atoms with Crippen LogP contribution in [0.5, 0.6) is 0 Å². The van der Waals surface area contributed by atoms with Gasteiger partial charge >= 0.3 is 39.5 Å². The second kappa shape index (κ2) is 71.0. The lowest BCUT2D eigenvalue weighted by molar-refractivity contribution is -0.161. The molecule has 0 heterocycles. The maximum atomic E-state index is 13.1. The molecule has 600 valence electrons. The van der Waals surface area contributed by atoms with E-state index in [4.69, 9.17) is 37.0 Å². The molecule has 0 aliphatic rings. The van der Waals surface area contributed by atoms with Crippen molar-refractivity contribution in [2.45, 2.75) is 440 Å². The van der Waals surface area contributed by atoms with Crippen molar-refractivity contribution < 1.29 is 80.2 Å². The summed E-state index contributed by atoms with van der Waals surface area (Å²) in [5, 5.41) is 10.7. The second-order valence-corrected chi connectivity index (χ2v) is 33.9. The van der Waals surface area contributed by atoms with Crippen molar-refractivity contribution in [2.24, 2.45) is 23.7 Å². The molecule has 0 fully saturated rings. The monoisotopic (exact) mass is 1480 g/mol. The summed E-state index contributed by atoms with van der Waals surface area (Å²) in [5.41, 5.74) is 0. The highest BCUT2D eigenvalue weighted by molar-refractivity contribution is 7.47. The summed E-state index contributed by atoms with van der Waals surface area (Å²) < 4.78 is 68.8. The molecule has 7 atom stereocenters. The largest absolute Gasteiger partial charge is 0.472 e. The summed E-state index contributed by atoms with van der Waals surface area (Å²) in [6.45, 7) is 14.3. The van der Waals surface area contributed by atoms with Gasteiger partial charge in [-0.25, -0.2) is 9.13 Å². The fourth-order valence-corrected chi connectivity index (χ4v) is 14.1. The molecule has 0 spiro atoms. The van der Waals surface area contributed by atoms with Gasteiger partial charge in [-0.05, 0) is 49.4 Å². The normalized spacial score (nSPS) is 14.5. The molecule has 0 aliphatic heterocycles. The Morgan fingerprint density at radius 1 is 0.277 bits per heavy atom. The molecule has 0 bridgehead atoms. The van der Waals surface area contributed by atoms with Crippen molar-refractivity contribution in [1.29, 1.82) is 0 Å². The fourth-order valence-electron chi connectivity index (χ4n) is 12.5. The summed E-state index contributed by atoms with van der Waals surface area (Å²) in [5.74, 6) is 1.07. The highest BCUT2D eigenvalue weighted by Gasteiger charge is 2.30. The molecule has 0 saturated carbocycles. The number of aliphatic hydroxyl groups is 1. The van der Waals surface area contributed by atoms with E-state index in [0.29, 0.717) is 31.6 Å². The van der Waals surface area contributed by atoms with Gasteiger partial charge in [-0.1, -0.05) is 370 Å². The van der Waals surface area contributed by atoms with Crippen molar-refractivity contribution in [1.82, 2.24) is 0 Å². The Morgan fingerprint density at radius 3 is 0.703 bits per heavy atom. The third-order valence-electron chi connectivity index (χ3n) is 19.8. The number of phosphoric ester groups is 2. The molecular formula is C82H160O17P2. The molecule has 0 saturated heterocycles. The number of hydrogen-bond acceptors (Lipinski definition) is 15. The van der Waals surface area contributed by atoms with Crippen molar-refractivity contribution >= 4 is 39.5 Å². The van der Waals surface area contributed by atoms with Gasteiger partial charge in [0.05, 0.1) is 26.4 Å². The van der Waals surface area contributed by atoms with E-state index in [-0.39, 0.29) is 25.7 Å². The van der Waals surface area contributed by atoms with Crippen molar-refractivity contribution in [3.8, 4) is 0 Å². The van der Waals surface area contributed by atoms with Gasteiger partial charge in [0.2, 0.25) is 0 Å². The quantitative estimate of drug-likeness (QED) is 0.0222. The number of ether oxygens (including phenoxy) is 4. The molecule has 0 amide bonds. The number of carbonyl (C=O) groups is 4. The number of hydrogen-bond donors (Lipinski definition) is 3. The second-order valence-electron chi connectivity index (χ2n) is 31.0. The molecule has 101 heavy (non-hydrogen) atoms. The van der Waals surface area contributed by atoms with Gasteiger partial charge in [0, 0.05) is 25.7 Å². The smallest absolute Gasteiger partial charge is 0.462 e. The summed E-state index contributed by atoms with van der Waals surface area (Å²) in [7, 11) is -9.92. The van der Waals surface area contributed by atoms with Gasteiger partial charge in [-0.2, -0.15) is 0 Å². The Kier molecular flexibility index (Phi) is 69.6. The lowest BCUT2D eigenvalue weighted by Crippen LogP contribution is -2.30. The number of aliphatic hydroxyl groups excluding tert-OH is 1. The molecule has 0 aromatic heterocycles. The average Bonchev–Trinajstić information content (AvgIpc) is 1.05. The minimum atomic E-state index is -4.96. The van der Waals surface area contributed by atoms with Crippen LogP contribution in [-0.4, -0.2) is 96.7 Å². The number of phosphoric acid groups is 2. The van der Waals surface area contributed by atoms with E-state index in [2.05, 4.69) is 55.4 Å². The lowest BCUT2D eigenvalue weighted by Gasteiger charge is -2.21. The Balaban J connectivity index is 5.25. The number of unbranched alkanes of at least 4 members (excludes halogenated alkanes) is 43. The number of rotatable bonds is 79. The highest BCUT2D eigenvalue weighted by Crippen LogP contribution is 2.45. The molecule has 17 nitrogen and oxygen atoms in total. The molecule has 5 unspecified atom stereocenters. The van der Waals surface area contributed by atoms with Gasteiger partial charge < -0.3 is 33.8 Å². The average molecular weight is 1480 g/mol. The van der Waals surface area contributed by atoms with Crippen molar-refractivity contribution in [2.75, 3.05) is 39.6 Å². The van der Waals surface area contributed by atoms with Crippen LogP contribution >= 0.6 is 15.6 Å². The molecule has 3 N–H and O–H groups in total. The van der Waals surface area contributed by atoms with Crippen LogP contribution in [0, 0.1) is 23.7 Å².